The zero-order valence-electron chi connectivity index (χ0n) is 11.6. The van der Waals surface area contributed by atoms with E-state index in [-0.39, 0.29) is 0 Å². The van der Waals surface area contributed by atoms with Crippen LogP contribution in [-0.2, 0) is 0 Å². The van der Waals surface area contributed by atoms with E-state index in [0.29, 0.717) is 12.0 Å². The molecule has 0 amide bonds. The average molecular weight is 247 g/mol. The fraction of sp³-hybridized carbons (Fsp3) is 0.667. The third-order valence-electron chi connectivity index (χ3n) is 4.03. The average Bonchev–Trinajstić information content (AvgIpc) is 2.62. The Hall–Kier alpha value is -0.930. The molecule has 0 spiro atoms. The van der Waals surface area contributed by atoms with Gasteiger partial charge in [0.1, 0.15) is 0 Å². The van der Waals surface area contributed by atoms with E-state index >= 15 is 0 Å². The molecule has 1 aliphatic rings. The molecular formula is C15H25N3. The molecule has 2 atom stereocenters. The fourth-order valence-electron chi connectivity index (χ4n) is 3.19. The third-order valence-corrected chi connectivity index (χ3v) is 4.03. The number of hydrogen-bond acceptors (Lipinski definition) is 3. The zero-order valence-corrected chi connectivity index (χ0v) is 11.6. The molecule has 1 aromatic heterocycles. The van der Waals surface area contributed by atoms with Crippen LogP contribution in [0.25, 0.3) is 0 Å². The van der Waals surface area contributed by atoms with Crippen LogP contribution in [0.5, 0.6) is 0 Å². The van der Waals surface area contributed by atoms with Gasteiger partial charge >= 0.3 is 0 Å². The normalized spacial score (nSPS) is 25.9. The molecule has 1 saturated heterocycles. The Bertz CT molecular complexity index is 339. The molecule has 2 unspecified atom stereocenters. The van der Waals surface area contributed by atoms with E-state index in [9.17, 15) is 0 Å². The number of pyridine rings is 1. The number of hydrogen-bond donors (Lipinski definition) is 1. The van der Waals surface area contributed by atoms with Gasteiger partial charge in [-0.25, -0.2) is 0 Å². The molecule has 0 radical (unpaired) electrons. The van der Waals surface area contributed by atoms with E-state index in [1.807, 2.05) is 12.4 Å². The Morgan fingerprint density at radius 3 is 2.78 bits per heavy atom. The summed E-state index contributed by atoms with van der Waals surface area (Å²) in [6.45, 7) is 5.73. The first-order chi connectivity index (χ1) is 8.86. The van der Waals surface area contributed by atoms with Crippen molar-refractivity contribution in [2.45, 2.75) is 32.2 Å². The van der Waals surface area contributed by atoms with Crippen molar-refractivity contribution in [3.63, 3.8) is 0 Å². The van der Waals surface area contributed by atoms with Crippen LogP contribution in [0.3, 0.4) is 0 Å². The van der Waals surface area contributed by atoms with Crippen LogP contribution in [0, 0.1) is 5.92 Å². The lowest BCUT2D eigenvalue weighted by Gasteiger charge is -2.34. The highest BCUT2D eigenvalue weighted by Gasteiger charge is 2.29. The highest BCUT2D eigenvalue weighted by molar-refractivity contribution is 5.17. The van der Waals surface area contributed by atoms with Crippen molar-refractivity contribution in [1.82, 2.24) is 15.2 Å². The number of nitrogens with one attached hydrogen (secondary N) is 1. The SMILES string of the molecule is CCN1CCCCC(CNC)C1c1ccncc1. The second-order valence-electron chi connectivity index (χ2n) is 5.17. The van der Waals surface area contributed by atoms with Gasteiger partial charge in [0, 0.05) is 18.4 Å². The summed E-state index contributed by atoms with van der Waals surface area (Å²) in [6, 6.07) is 4.91. The molecule has 100 valence electrons. The molecule has 0 saturated carbocycles. The van der Waals surface area contributed by atoms with E-state index < -0.39 is 0 Å². The van der Waals surface area contributed by atoms with Crippen LogP contribution in [0.1, 0.15) is 37.8 Å². The zero-order chi connectivity index (χ0) is 12.8. The Morgan fingerprint density at radius 2 is 2.11 bits per heavy atom. The van der Waals surface area contributed by atoms with Gasteiger partial charge in [0.05, 0.1) is 0 Å². The van der Waals surface area contributed by atoms with E-state index in [2.05, 4.69) is 41.3 Å². The molecule has 0 bridgehead atoms. The van der Waals surface area contributed by atoms with Gasteiger partial charge < -0.3 is 5.32 Å². The van der Waals surface area contributed by atoms with Crippen molar-refractivity contribution in [2.75, 3.05) is 26.7 Å². The number of rotatable bonds is 4. The van der Waals surface area contributed by atoms with E-state index in [0.717, 1.165) is 13.1 Å². The summed E-state index contributed by atoms with van der Waals surface area (Å²) in [5, 5.41) is 3.37. The van der Waals surface area contributed by atoms with Crippen molar-refractivity contribution in [3.05, 3.63) is 30.1 Å². The third kappa shape index (κ3) is 3.09. The van der Waals surface area contributed by atoms with Gasteiger partial charge in [-0.15, -0.1) is 0 Å². The Kier molecular flexibility index (Phi) is 5.14. The number of nitrogens with zero attached hydrogens (tertiary/aromatic N) is 2. The van der Waals surface area contributed by atoms with Crippen LogP contribution in [-0.4, -0.2) is 36.6 Å². The van der Waals surface area contributed by atoms with Crippen LogP contribution in [0.15, 0.2) is 24.5 Å². The summed E-state index contributed by atoms with van der Waals surface area (Å²) in [4.78, 5) is 6.78. The molecule has 1 aromatic rings. The minimum absolute atomic E-state index is 0.549. The van der Waals surface area contributed by atoms with Crippen LogP contribution < -0.4 is 5.32 Å². The summed E-state index contributed by atoms with van der Waals surface area (Å²) >= 11 is 0. The predicted molar refractivity (Wildman–Crippen MR) is 75.5 cm³/mol. The van der Waals surface area contributed by atoms with Crippen molar-refractivity contribution < 1.29 is 0 Å². The Morgan fingerprint density at radius 1 is 1.33 bits per heavy atom. The number of likely N-dealkylation sites (tertiary alicyclic amines) is 1. The van der Waals surface area contributed by atoms with Gasteiger partial charge in [-0.3, -0.25) is 9.88 Å². The maximum absolute atomic E-state index is 4.15. The molecule has 1 aliphatic heterocycles. The molecule has 1 N–H and O–H groups in total. The summed E-state index contributed by atoms with van der Waals surface area (Å²) in [6.07, 6.45) is 7.85. The summed E-state index contributed by atoms with van der Waals surface area (Å²) in [5.74, 6) is 0.708. The minimum atomic E-state index is 0.549. The van der Waals surface area contributed by atoms with Crippen LogP contribution in [0.2, 0.25) is 0 Å². The van der Waals surface area contributed by atoms with Crippen molar-refractivity contribution >= 4 is 0 Å². The molecule has 2 heterocycles. The second-order valence-corrected chi connectivity index (χ2v) is 5.17. The topological polar surface area (TPSA) is 28.2 Å². The largest absolute Gasteiger partial charge is 0.319 e. The molecule has 2 rings (SSSR count). The Balaban J connectivity index is 2.26. The second kappa shape index (κ2) is 6.86. The first kappa shape index (κ1) is 13.5. The van der Waals surface area contributed by atoms with Crippen molar-refractivity contribution in [2.24, 2.45) is 5.92 Å². The van der Waals surface area contributed by atoms with Gasteiger partial charge in [-0.05, 0) is 63.1 Å². The molecular weight excluding hydrogens is 222 g/mol. The molecule has 0 aliphatic carbocycles. The maximum atomic E-state index is 4.15. The van der Waals surface area contributed by atoms with Crippen molar-refractivity contribution in [3.8, 4) is 0 Å². The highest BCUT2D eigenvalue weighted by Crippen LogP contribution is 2.34. The van der Waals surface area contributed by atoms with Crippen LogP contribution in [0.4, 0.5) is 0 Å². The maximum Gasteiger partial charge on any atom is 0.0389 e. The van der Waals surface area contributed by atoms with Crippen LogP contribution >= 0.6 is 0 Å². The van der Waals surface area contributed by atoms with E-state index in [1.165, 1.54) is 31.4 Å². The minimum Gasteiger partial charge on any atom is -0.319 e. The summed E-state index contributed by atoms with van der Waals surface area (Å²) in [5.41, 5.74) is 1.43. The van der Waals surface area contributed by atoms with Gasteiger partial charge in [-0.2, -0.15) is 0 Å². The molecule has 3 nitrogen and oxygen atoms in total. The molecule has 3 heteroatoms. The molecule has 1 fully saturated rings. The highest BCUT2D eigenvalue weighted by atomic mass is 15.2. The smallest absolute Gasteiger partial charge is 0.0389 e. The summed E-state index contributed by atoms with van der Waals surface area (Å²) in [7, 11) is 2.06. The first-order valence-corrected chi connectivity index (χ1v) is 7.15. The van der Waals surface area contributed by atoms with Gasteiger partial charge in [0.25, 0.3) is 0 Å². The first-order valence-electron chi connectivity index (χ1n) is 7.15. The van der Waals surface area contributed by atoms with Gasteiger partial charge in [0.2, 0.25) is 0 Å². The van der Waals surface area contributed by atoms with Gasteiger partial charge in [-0.1, -0.05) is 13.3 Å². The summed E-state index contributed by atoms with van der Waals surface area (Å²) < 4.78 is 0. The van der Waals surface area contributed by atoms with E-state index in [4.69, 9.17) is 0 Å². The lowest BCUT2D eigenvalue weighted by molar-refractivity contribution is 0.162. The van der Waals surface area contributed by atoms with Gasteiger partial charge in [0.15, 0.2) is 0 Å². The molecule has 18 heavy (non-hydrogen) atoms. The lowest BCUT2D eigenvalue weighted by atomic mass is 9.89. The lowest BCUT2D eigenvalue weighted by Crippen LogP contribution is -2.36. The monoisotopic (exact) mass is 247 g/mol. The standard InChI is InChI=1S/C15H25N3/c1-3-18-11-5-4-6-14(12-16-2)15(18)13-7-9-17-10-8-13/h7-10,14-16H,3-6,11-12H2,1-2H3. The van der Waals surface area contributed by atoms with Crippen molar-refractivity contribution in [1.29, 1.82) is 0 Å². The van der Waals surface area contributed by atoms with E-state index in [1.54, 1.807) is 0 Å². The quantitative estimate of drug-likeness (QED) is 0.886. The molecule has 0 aromatic carbocycles. The fourth-order valence-corrected chi connectivity index (χ4v) is 3.19. The number of aromatic nitrogens is 1. The predicted octanol–water partition coefficient (Wildman–Crippen LogP) is 2.46. The Labute approximate surface area is 111 Å².